The Balaban J connectivity index is 1.55. The van der Waals surface area contributed by atoms with Crippen molar-refractivity contribution in [2.45, 2.75) is 26.2 Å². The maximum Gasteiger partial charge on any atom is 0.257 e. The summed E-state index contributed by atoms with van der Waals surface area (Å²) in [6.45, 7) is 7.30. The molecule has 1 aliphatic heterocycles. The summed E-state index contributed by atoms with van der Waals surface area (Å²) in [5.74, 6) is -0.142. The largest absolute Gasteiger partial charge is 0.384 e. The second-order valence-corrected chi connectivity index (χ2v) is 7.39. The lowest BCUT2D eigenvalue weighted by Crippen LogP contribution is -2.44. The highest BCUT2D eigenvalue weighted by Gasteiger charge is 2.14. The zero-order valence-electron chi connectivity index (χ0n) is 16.9. The van der Waals surface area contributed by atoms with E-state index in [-0.39, 0.29) is 5.91 Å². The summed E-state index contributed by atoms with van der Waals surface area (Å²) in [7, 11) is 2.15. The highest BCUT2D eigenvalue weighted by molar-refractivity contribution is 6.04. The summed E-state index contributed by atoms with van der Waals surface area (Å²) in [6.07, 6.45) is 6.87. The molecule has 0 atom stereocenters. The Morgan fingerprint density at radius 1 is 1.04 bits per heavy atom. The summed E-state index contributed by atoms with van der Waals surface area (Å²) in [6, 6.07) is 9.93. The van der Waals surface area contributed by atoms with Crippen LogP contribution in [0.4, 0.5) is 17.1 Å². The third kappa shape index (κ3) is 5.70. The third-order valence-electron chi connectivity index (χ3n) is 5.10. The van der Waals surface area contributed by atoms with Crippen molar-refractivity contribution < 1.29 is 4.79 Å². The van der Waals surface area contributed by atoms with Crippen LogP contribution in [0.15, 0.2) is 42.7 Å². The molecule has 1 amide bonds. The molecule has 0 saturated carbocycles. The van der Waals surface area contributed by atoms with Gasteiger partial charge in [-0.25, -0.2) is 0 Å². The van der Waals surface area contributed by atoms with Crippen molar-refractivity contribution in [1.82, 2.24) is 9.88 Å². The van der Waals surface area contributed by atoms with Gasteiger partial charge in [-0.2, -0.15) is 0 Å². The van der Waals surface area contributed by atoms with E-state index < -0.39 is 0 Å². The second kappa shape index (κ2) is 10.1. The average molecular weight is 382 g/mol. The van der Waals surface area contributed by atoms with Gasteiger partial charge in [0.2, 0.25) is 0 Å². The van der Waals surface area contributed by atoms with E-state index in [2.05, 4.69) is 51.5 Å². The Morgan fingerprint density at radius 3 is 2.50 bits per heavy atom. The molecule has 2 heterocycles. The lowest BCUT2D eigenvalue weighted by atomic mass is 10.2. The number of nitrogens with zero attached hydrogens (tertiary/aromatic N) is 3. The van der Waals surface area contributed by atoms with E-state index in [1.165, 1.54) is 18.5 Å². The van der Waals surface area contributed by atoms with Gasteiger partial charge in [0.15, 0.2) is 0 Å². The Labute approximate surface area is 167 Å². The Hall–Kier alpha value is -2.60. The van der Waals surface area contributed by atoms with Crippen LogP contribution in [0.2, 0.25) is 0 Å². The first-order valence-corrected chi connectivity index (χ1v) is 10.2. The van der Waals surface area contributed by atoms with Crippen LogP contribution in [0.1, 0.15) is 36.5 Å². The molecule has 1 aliphatic rings. The molecule has 6 heteroatoms. The SMILES string of the molecule is CCCCCNc1cncc(C(=O)Nc2ccc(N3CCN(C)CC3)cc2)c1. The van der Waals surface area contributed by atoms with E-state index >= 15 is 0 Å². The first-order chi connectivity index (χ1) is 13.7. The number of carbonyl (C=O) groups excluding carboxylic acids is 1. The predicted octanol–water partition coefficient (Wildman–Crippen LogP) is 3.69. The smallest absolute Gasteiger partial charge is 0.257 e. The van der Waals surface area contributed by atoms with Gasteiger partial charge < -0.3 is 20.4 Å². The summed E-state index contributed by atoms with van der Waals surface area (Å²) in [5.41, 5.74) is 3.44. The van der Waals surface area contributed by atoms with E-state index in [0.29, 0.717) is 5.56 Å². The highest BCUT2D eigenvalue weighted by atomic mass is 16.1. The number of piperazine rings is 1. The zero-order valence-corrected chi connectivity index (χ0v) is 16.9. The van der Waals surface area contributed by atoms with Crippen molar-refractivity contribution in [3.63, 3.8) is 0 Å². The number of benzene rings is 1. The van der Waals surface area contributed by atoms with Crippen LogP contribution in [0.3, 0.4) is 0 Å². The normalized spacial score (nSPS) is 14.7. The first kappa shape index (κ1) is 20.1. The van der Waals surface area contributed by atoms with Gasteiger partial charge in [-0.3, -0.25) is 9.78 Å². The molecule has 1 saturated heterocycles. The van der Waals surface area contributed by atoms with E-state index in [9.17, 15) is 4.79 Å². The maximum atomic E-state index is 12.6. The predicted molar refractivity (Wildman–Crippen MR) is 116 cm³/mol. The minimum atomic E-state index is -0.142. The number of pyridine rings is 1. The van der Waals surface area contributed by atoms with Crippen LogP contribution in [-0.4, -0.2) is 55.6 Å². The summed E-state index contributed by atoms with van der Waals surface area (Å²) in [4.78, 5) is 21.5. The minimum absolute atomic E-state index is 0.142. The Bertz CT molecular complexity index is 754. The molecular formula is C22H31N5O. The number of likely N-dealkylation sites (N-methyl/N-ethyl adjacent to an activating group) is 1. The zero-order chi connectivity index (χ0) is 19.8. The first-order valence-electron chi connectivity index (χ1n) is 10.2. The minimum Gasteiger partial charge on any atom is -0.384 e. The molecule has 0 radical (unpaired) electrons. The molecule has 0 bridgehead atoms. The van der Waals surface area contributed by atoms with Crippen molar-refractivity contribution in [1.29, 1.82) is 0 Å². The van der Waals surface area contributed by atoms with Gasteiger partial charge in [0.25, 0.3) is 5.91 Å². The second-order valence-electron chi connectivity index (χ2n) is 7.39. The lowest BCUT2D eigenvalue weighted by molar-refractivity contribution is 0.102. The van der Waals surface area contributed by atoms with Gasteiger partial charge in [0.05, 0.1) is 11.3 Å². The van der Waals surface area contributed by atoms with Crippen molar-refractivity contribution in [2.75, 3.05) is 55.3 Å². The fourth-order valence-corrected chi connectivity index (χ4v) is 3.29. The summed E-state index contributed by atoms with van der Waals surface area (Å²) in [5, 5.41) is 6.30. The molecule has 150 valence electrons. The van der Waals surface area contributed by atoms with Crippen LogP contribution in [0, 0.1) is 0 Å². The van der Waals surface area contributed by atoms with Crippen LogP contribution < -0.4 is 15.5 Å². The molecule has 0 aliphatic carbocycles. The summed E-state index contributed by atoms with van der Waals surface area (Å²) >= 11 is 0. The van der Waals surface area contributed by atoms with Crippen LogP contribution in [0.25, 0.3) is 0 Å². The molecule has 3 rings (SSSR count). The number of nitrogens with one attached hydrogen (secondary N) is 2. The highest BCUT2D eigenvalue weighted by Crippen LogP contribution is 2.20. The van der Waals surface area contributed by atoms with E-state index in [1.54, 1.807) is 12.4 Å². The molecule has 2 aromatic rings. The fraction of sp³-hybridized carbons (Fsp3) is 0.455. The summed E-state index contributed by atoms with van der Waals surface area (Å²) < 4.78 is 0. The van der Waals surface area contributed by atoms with Gasteiger partial charge in [-0.1, -0.05) is 19.8 Å². The number of carbonyl (C=O) groups is 1. The van der Waals surface area contributed by atoms with Crippen molar-refractivity contribution >= 4 is 23.0 Å². The molecule has 2 N–H and O–H groups in total. The van der Waals surface area contributed by atoms with Crippen LogP contribution in [-0.2, 0) is 0 Å². The standard InChI is InChI=1S/C22H31N5O/c1-3-4-5-10-24-20-15-18(16-23-17-20)22(28)25-19-6-8-21(9-7-19)27-13-11-26(2)12-14-27/h6-9,15-17,24H,3-5,10-14H2,1-2H3,(H,25,28). The van der Waals surface area contributed by atoms with Gasteiger partial charge in [-0.05, 0) is 43.8 Å². The van der Waals surface area contributed by atoms with Crippen molar-refractivity contribution in [3.05, 3.63) is 48.3 Å². The molecule has 28 heavy (non-hydrogen) atoms. The Kier molecular flexibility index (Phi) is 7.25. The van der Waals surface area contributed by atoms with Crippen LogP contribution >= 0.6 is 0 Å². The van der Waals surface area contributed by atoms with Crippen LogP contribution in [0.5, 0.6) is 0 Å². The number of aromatic nitrogens is 1. The maximum absolute atomic E-state index is 12.6. The topological polar surface area (TPSA) is 60.5 Å². The monoisotopic (exact) mass is 381 g/mol. The number of unbranched alkanes of at least 4 members (excludes halogenated alkanes) is 2. The molecule has 1 aromatic heterocycles. The quantitative estimate of drug-likeness (QED) is 0.683. The van der Waals surface area contributed by atoms with Crippen molar-refractivity contribution in [2.24, 2.45) is 0 Å². The fourth-order valence-electron chi connectivity index (χ4n) is 3.29. The molecule has 6 nitrogen and oxygen atoms in total. The van der Waals surface area contributed by atoms with Gasteiger partial charge in [0.1, 0.15) is 0 Å². The molecule has 0 unspecified atom stereocenters. The molecule has 1 fully saturated rings. The van der Waals surface area contributed by atoms with E-state index in [0.717, 1.165) is 50.5 Å². The lowest BCUT2D eigenvalue weighted by Gasteiger charge is -2.34. The average Bonchev–Trinajstić information content (AvgIpc) is 2.73. The number of hydrogen-bond donors (Lipinski definition) is 2. The third-order valence-corrected chi connectivity index (χ3v) is 5.10. The van der Waals surface area contributed by atoms with E-state index in [4.69, 9.17) is 0 Å². The number of anilines is 3. The van der Waals surface area contributed by atoms with Gasteiger partial charge >= 0.3 is 0 Å². The van der Waals surface area contributed by atoms with Crippen molar-refractivity contribution in [3.8, 4) is 0 Å². The molecular weight excluding hydrogens is 350 g/mol. The van der Waals surface area contributed by atoms with E-state index in [1.807, 2.05) is 18.2 Å². The Morgan fingerprint density at radius 2 is 1.79 bits per heavy atom. The number of amides is 1. The molecule has 1 aromatic carbocycles. The molecule has 0 spiro atoms. The van der Waals surface area contributed by atoms with Gasteiger partial charge in [-0.15, -0.1) is 0 Å². The number of hydrogen-bond acceptors (Lipinski definition) is 5. The van der Waals surface area contributed by atoms with Gasteiger partial charge in [0, 0.05) is 56.5 Å². The number of rotatable bonds is 8.